The highest BCUT2D eigenvalue weighted by molar-refractivity contribution is 5.94. The number of hydrogen-bond acceptors (Lipinski definition) is 4. The molecule has 0 unspecified atom stereocenters. The second-order valence-corrected chi connectivity index (χ2v) is 6.83. The van der Waals surface area contributed by atoms with Crippen LogP contribution in [0.4, 0.5) is 0 Å². The first-order valence-corrected chi connectivity index (χ1v) is 9.32. The van der Waals surface area contributed by atoms with Gasteiger partial charge in [-0.05, 0) is 47.9 Å². The molecule has 0 spiro atoms. The summed E-state index contributed by atoms with van der Waals surface area (Å²) in [6.45, 7) is 3.70. The number of hydrogen-bond donors (Lipinski definition) is 2. The number of rotatable bonds is 6. The highest BCUT2D eigenvalue weighted by Crippen LogP contribution is 2.31. The Morgan fingerprint density at radius 2 is 1.59 bits per heavy atom. The fourth-order valence-electron chi connectivity index (χ4n) is 2.94. The van der Waals surface area contributed by atoms with Crippen molar-refractivity contribution in [2.45, 2.75) is 27.0 Å². The lowest BCUT2D eigenvalue weighted by atomic mass is 10.0. The Kier molecular flexibility index (Phi) is 6.42. The first-order valence-electron chi connectivity index (χ1n) is 9.32. The van der Waals surface area contributed by atoms with Gasteiger partial charge in [0.2, 0.25) is 0 Å². The van der Waals surface area contributed by atoms with E-state index >= 15 is 0 Å². The highest BCUT2D eigenvalue weighted by Gasteiger charge is 2.11. The summed E-state index contributed by atoms with van der Waals surface area (Å²) < 4.78 is 5.27. The molecule has 0 saturated heterocycles. The average molecular weight is 389 g/mol. The average Bonchev–Trinajstić information content (AvgIpc) is 2.73. The predicted molar refractivity (Wildman–Crippen MR) is 111 cm³/mol. The van der Waals surface area contributed by atoms with Crippen molar-refractivity contribution in [1.29, 1.82) is 0 Å². The molecule has 148 valence electrons. The van der Waals surface area contributed by atoms with E-state index in [2.05, 4.69) is 5.32 Å². The summed E-state index contributed by atoms with van der Waals surface area (Å²) in [6, 6.07) is 20.2. The maximum absolute atomic E-state index is 12.4. The Morgan fingerprint density at radius 3 is 2.21 bits per heavy atom. The highest BCUT2D eigenvalue weighted by atomic mass is 16.5. The number of nitrogens with one attached hydrogen (secondary N) is 1. The van der Waals surface area contributed by atoms with Crippen LogP contribution in [0.3, 0.4) is 0 Å². The minimum atomic E-state index is -0.421. The summed E-state index contributed by atoms with van der Waals surface area (Å²) >= 11 is 0. The Hall–Kier alpha value is -3.44. The van der Waals surface area contributed by atoms with Crippen LogP contribution < -0.4 is 10.1 Å². The van der Waals surface area contributed by atoms with Gasteiger partial charge in [0.1, 0.15) is 5.75 Å². The summed E-state index contributed by atoms with van der Waals surface area (Å²) in [5.41, 5.74) is 4.91. The smallest absolute Gasteiger partial charge is 0.308 e. The van der Waals surface area contributed by atoms with Gasteiger partial charge in [0.05, 0.1) is 6.61 Å². The minimum Gasteiger partial charge on any atom is -0.426 e. The van der Waals surface area contributed by atoms with Crippen LogP contribution in [0, 0.1) is 6.92 Å². The van der Waals surface area contributed by atoms with E-state index < -0.39 is 5.97 Å². The lowest BCUT2D eigenvalue weighted by Gasteiger charge is -2.12. The number of carbonyl (C=O) groups is 2. The van der Waals surface area contributed by atoms with Crippen molar-refractivity contribution in [2.75, 3.05) is 0 Å². The molecule has 0 fully saturated rings. The zero-order valence-electron chi connectivity index (χ0n) is 16.4. The SMILES string of the molecule is CC(=O)Oc1ccc(CO)cc1-c1ccc(C(=O)NCc2ccc(C)cc2)cc1. The van der Waals surface area contributed by atoms with E-state index in [-0.39, 0.29) is 12.5 Å². The van der Waals surface area contributed by atoms with Crippen molar-refractivity contribution in [3.05, 3.63) is 89.0 Å². The third-order valence-corrected chi connectivity index (χ3v) is 4.51. The van der Waals surface area contributed by atoms with E-state index in [1.165, 1.54) is 12.5 Å². The number of ether oxygens (including phenoxy) is 1. The van der Waals surface area contributed by atoms with Crippen molar-refractivity contribution >= 4 is 11.9 Å². The summed E-state index contributed by atoms with van der Waals surface area (Å²) in [7, 11) is 0. The molecule has 2 N–H and O–H groups in total. The number of aryl methyl sites for hydroxylation is 1. The van der Waals surface area contributed by atoms with Gasteiger partial charge in [0.25, 0.3) is 5.91 Å². The molecule has 29 heavy (non-hydrogen) atoms. The quantitative estimate of drug-likeness (QED) is 0.493. The molecule has 3 aromatic carbocycles. The van der Waals surface area contributed by atoms with Crippen LogP contribution in [0.15, 0.2) is 66.7 Å². The van der Waals surface area contributed by atoms with E-state index in [1.54, 1.807) is 42.5 Å². The van der Waals surface area contributed by atoms with Crippen LogP contribution in [-0.4, -0.2) is 17.0 Å². The Balaban J connectivity index is 1.76. The lowest BCUT2D eigenvalue weighted by molar-refractivity contribution is -0.131. The van der Waals surface area contributed by atoms with E-state index in [0.29, 0.717) is 29.0 Å². The second-order valence-electron chi connectivity index (χ2n) is 6.83. The maximum Gasteiger partial charge on any atom is 0.308 e. The number of aliphatic hydroxyl groups is 1. The third-order valence-electron chi connectivity index (χ3n) is 4.51. The molecule has 3 aromatic rings. The van der Waals surface area contributed by atoms with Gasteiger partial charge in [-0.25, -0.2) is 0 Å². The van der Waals surface area contributed by atoms with Crippen molar-refractivity contribution < 1.29 is 19.4 Å². The Labute approximate surface area is 170 Å². The van der Waals surface area contributed by atoms with E-state index in [4.69, 9.17) is 4.74 Å². The summed E-state index contributed by atoms with van der Waals surface area (Å²) in [6.07, 6.45) is 0. The van der Waals surface area contributed by atoms with Crippen LogP contribution in [0.5, 0.6) is 5.75 Å². The summed E-state index contributed by atoms with van der Waals surface area (Å²) in [5, 5.41) is 12.3. The van der Waals surface area contributed by atoms with Gasteiger partial charge in [-0.3, -0.25) is 9.59 Å². The predicted octanol–water partition coefficient (Wildman–Crippen LogP) is 4.01. The number of carbonyl (C=O) groups excluding carboxylic acids is 2. The summed E-state index contributed by atoms with van der Waals surface area (Å²) in [5.74, 6) is -0.178. The zero-order chi connectivity index (χ0) is 20.8. The van der Waals surface area contributed by atoms with Crippen molar-refractivity contribution in [3.8, 4) is 16.9 Å². The molecule has 0 aromatic heterocycles. The fourth-order valence-corrected chi connectivity index (χ4v) is 2.94. The number of esters is 1. The van der Waals surface area contributed by atoms with Gasteiger partial charge >= 0.3 is 5.97 Å². The molecule has 0 aliphatic carbocycles. The largest absolute Gasteiger partial charge is 0.426 e. The van der Waals surface area contributed by atoms with E-state index in [9.17, 15) is 14.7 Å². The van der Waals surface area contributed by atoms with Crippen molar-refractivity contribution in [1.82, 2.24) is 5.32 Å². The third kappa shape index (κ3) is 5.30. The maximum atomic E-state index is 12.4. The van der Waals surface area contributed by atoms with E-state index in [0.717, 1.165) is 11.1 Å². The standard InChI is InChI=1S/C24H23NO4/c1-16-3-5-18(6-4-16)14-25-24(28)21-10-8-20(9-11-21)22-13-19(15-26)7-12-23(22)29-17(2)27/h3-13,26H,14-15H2,1-2H3,(H,25,28). The molecule has 0 atom stereocenters. The minimum absolute atomic E-state index is 0.118. The normalized spacial score (nSPS) is 10.4. The molecule has 0 aliphatic rings. The van der Waals surface area contributed by atoms with Gasteiger partial charge in [-0.1, -0.05) is 48.0 Å². The molecular weight excluding hydrogens is 366 g/mol. The first kappa shape index (κ1) is 20.3. The van der Waals surface area contributed by atoms with Crippen LogP contribution >= 0.6 is 0 Å². The fraction of sp³-hybridized carbons (Fsp3) is 0.167. The van der Waals surface area contributed by atoms with Crippen molar-refractivity contribution in [2.24, 2.45) is 0 Å². The molecule has 0 aliphatic heterocycles. The van der Waals surface area contributed by atoms with Gasteiger partial charge < -0.3 is 15.2 Å². The zero-order valence-corrected chi connectivity index (χ0v) is 16.4. The van der Waals surface area contributed by atoms with Gasteiger partial charge in [-0.2, -0.15) is 0 Å². The molecule has 5 heteroatoms. The summed E-state index contributed by atoms with van der Waals surface area (Å²) in [4.78, 5) is 23.8. The number of aliphatic hydroxyl groups excluding tert-OH is 1. The molecule has 5 nitrogen and oxygen atoms in total. The number of amides is 1. The Bertz CT molecular complexity index is 1010. The molecule has 1 amide bonds. The molecular formula is C24H23NO4. The molecule has 3 rings (SSSR count). The van der Waals surface area contributed by atoms with Gasteiger partial charge in [0.15, 0.2) is 0 Å². The van der Waals surface area contributed by atoms with Gasteiger partial charge in [-0.15, -0.1) is 0 Å². The Morgan fingerprint density at radius 1 is 0.931 bits per heavy atom. The topological polar surface area (TPSA) is 75.6 Å². The monoisotopic (exact) mass is 389 g/mol. The number of benzene rings is 3. The molecule has 0 saturated carbocycles. The van der Waals surface area contributed by atoms with Crippen LogP contribution in [0.2, 0.25) is 0 Å². The second kappa shape index (κ2) is 9.17. The van der Waals surface area contributed by atoms with Crippen molar-refractivity contribution in [3.63, 3.8) is 0 Å². The lowest BCUT2D eigenvalue weighted by Crippen LogP contribution is -2.22. The van der Waals surface area contributed by atoms with Crippen LogP contribution in [0.1, 0.15) is 34.0 Å². The van der Waals surface area contributed by atoms with Crippen LogP contribution in [0.25, 0.3) is 11.1 Å². The first-order chi connectivity index (χ1) is 14.0. The van der Waals surface area contributed by atoms with E-state index in [1.807, 2.05) is 31.2 Å². The van der Waals surface area contributed by atoms with Gasteiger partial charge in [0, 0.05) is 24.6 Å². The molecule has 0 heterocycles. The van der Waals surface area contributed by atoms with Crippen LogP contribution in [-0.2, 0) is 17.9 Å². The molecule has 0 radical (unpaired) electrons. The molecule has 0 bridgehead atoms.